The van der Waals surface area contributed by atoms with Crippen LogP contribution in [0.15, 0.2) is 18.2 Å². The summed E-state index contributed by atoms with van der Waals surface area (Å²) < 4.78 is 0. The van der Waals surface area contributed by atoms with Crippen LogP contribution in [-0.4, -0.2) is 5.78 Å². The van der Waals surface area contributed by atoms with E-state index in [2.05, 4.69) is 6.92 Å². The van der Waals surface area contributed by atoms with Gasteiger partial charge in [0.15, 0.2) is 5.78 Å². The Morgan fingerprint density at radius 1 is 1.47 bits per heavy atom. The van der Waals surface area contributed by atoms with Crippen LogP contribution in [0.3, 0.4) is 0 Å². The Morgan fingerprint density at radius 3 is 2.67 bits per heavy atom. The molecule has 1 unspecified atom stereocenters. The third-order valence-corrected chi connectivity index (χ3v) is 2.69. The van der Waals surface area contributed by atoms with E-state index in [4.69, 9.17) is 5.73 Å². The van der Waals surface area contributed by atoms with Gasteiger partial charge in [0.25, 0.3) is 0 Å². The second-order valence-corrected chi connectivity index (χ2v) is 4.13. The molecule has 2 N–H and O–H groups in total. The number of aryl methyl sites for hydroxylation is 1. The standard InChI is InChI=1S/C13H19NO/c1-4-5-9(2)13(15)12-7-6-11(14)8-10(12)3/h6-9H,4-5,14H2,1-3H3. The molecular weight excluding hydrogens is 186 g/mol. The summed E-state index contributed by atoms with van der Waals surface area (Å²) >= 11 is 0. The average Bonchev–Trinajstić information content (AvgIpc) is 2.17. The lowest BCUT2D eigenvalue weighted by Gasteiger charge is -2.11. The fourth-order valence-corrected chi connectivity index (χ4v) is 1.79. The smallest absolute Gasteiger partial charge is 0.165 e. The third-order valence-electron chi connectivity index (χ3n) is 2.69. The lowest BCUT2D eigenvalue weighted by Crippen LogP contribution is -2.12. The third kappa shape index (κ3) is 2.82. The molecular formula is C13H19NO. The Bertz CT molecular complexity index is 358. The van der Waals surface area contributed by atoms with Gasteiger partial charge < -0.3 is 5.73 Å². The molecule has 15 heavy (non-hydrogen) atoms. The number of anilines is 1. The van der Waals surface area contributed by atoms with Gasteiger partial charge in [0, 0.05) is 17.2 Å². The van der Waals surface area contributed by atoms with Crippen molar-refractivity contribution < 1.29 is 4.79 Å². The number of carbonyl (C=O) groups excluding carboxylic acids is 1. The zero-order chi connectivity index (χ0) is 11.4. The van der Waals surface area contributed by atoms with Crippen molar-refractivity contribution in [1.82, 2.24) is 0 Å². The van der Waals surface area contributed by atoms with Gasteiger partial charge in [0.1, 0.15) is 0 Å². The van der Waals surface area contributed by atoms with Gasteiger partial charge >= 0.3 is 0 Å². The molecule has 1 atom stereocenters. The van der Waals surface area contributed by atoms with Crippen LogP contribution in [0.4, 0.5) is 5.69 Å². The highest BCUT2D eigenvalue weighted by molar-refractivity contribution is 5.99. The highest BCUT2D eigenvalue weighted by Crippen LogP contribution is 2.18. The van der Waals surface area contributed by atoms with Gasteiger partial charge in [-0.1, -0.05) is 20.3 Å². The van der Waals surface area contributed by atoms with E-state index in [1.807, 2.05) is 26.0 Å². The van der Waals surface area contributed by atoms with Crippen LogP contribution in [-0.2, 0) is 0 Å². The lowest BCUT2D eigenvalue weighted by molar-refractivity contribution is 0.0923. The Labute approximate surface area is 91.5 Å². The predicted molar refractivity (Wildman–Crippen MR) is 64.0 cm³/mol. The van der Waals surface area contributed by atoms with Gasteiger partial charge in [-0.15, -0.1) is 0 Å². The van der Waals surface area contributed by atoms with Crippen molar-refractivity contribution >= 4 is 11.5 Å². The minimum absolute atomic E-state index is 0.109. The van der Waals surface area contributed by atoms with E-state index in [0.717, 1.165) is 24.0 Å². The molecule has 0 bridgehead atoms. The molecule has 0 aliphatic heterocycles. The molecule has 2 nitrogen and oxygen atoms in total. The Hall–Kier alpha value is -1.31. The summed E-state index contributed by atoms with van der Waals surface area (Å²) in [7, 11) is 0. The Kier molecular flexibility index (Phi) is 3.89. The summed E-state index contributed by atoms with van der Waals surface area (Å²) in [5.74, 6) is 0.340. The van der Waals surface area contributed by atoms with Crippen molar-refractivity contribution in [2.45, 2.75) is 33.6 Å². The van der Waals surface area contributed by atoms with Gasteiger partial charge in [0.05, 0.1) is 0 Å². The molecule has 0 spiro atoms. The van der Waals surface area contributed by atoms with Crippen LogP contribution in [0.25, 0.3) is 0 Å². The van der Waals surface area contributed by atoms with Crippen molar-refractivity contribution in [2.24, 2.45) is 5.92 Å². The molecule has 0 aromatic heterocycles. The first-order valence-corrected chi connectivity index (χ1v) is 5.46. The van der Waals surface area contributed by atoms with Gasteiger partial charge in [-0.25, -0.2) is 0 Å². The molecule has 0 radical (unpaired) electrons. The monoisotopic (exact) mass is 205 g/mol. The molecule has 0 saturated carbocycles. The number of hydrogen-bond donors (Lipinski definition) is 1. The summed E-state index contributed by atoms with van der Waals surface area (Å²) in [6.45, 7) is 6.02. The van der Waals surface area contributed by atoms with Gasteiger partial charge in [-0.3, -0.25) is 4.79 Å². The van der Waals surface area contributed by atoms with Crippen LogP contribution < -0.4 is 5.73 Å². The average molecular weight is 205 g/mol. The molecule has 1 rings (SSSR count). The predicted octanol–water partition coefficient (Wildman–Crippen LogP) is 3.20. The summed E-state index contributed by atoms with van der Waals surface area (Å²) in [5.41, 5.74) is 8.15. The van der Waals surface area contributed by atoms with Crippen LogP contribution in [0, 0.1) is 12.8 Å². The normalized spacial score (nSPS) is 12.5. The molecule has 0 aliphatic rings. The number of ketones is 1. The van der Waals surface area contributed by atoms with Gasteiger partial charge in [-0.2, -0.15) is 0 Å². The van der Waals surface area contributed by atoms with Crippen LogP contribution in [0.1, 0.15) is 42.6 Å². The molecule has 0 heterocycles. The first-order chi connectivity index (χ1) is 7.06. The van der Waals surface area contributed by atoms with E-state index < -0.39 is 0 Å². The number of rotatable bonds is 4. The maximum Gasteiger partial charge on any atom is 0.165 e. The quantitative estimate of drug-likeness (QED) is 0.606. The van der Waals surface area contributed by atoms with E-state index in [9.17, 15) is 4.79 Å². The fourth-order valence-electron chi connectivity index (χ4n) is 1.79. The molecule has 2 heteroatoms. The van der Waals surface area contributed by atoms with Crippen molar-refractivity contribution in [3.63, 3.8) is 0 Å². The topological polar surface area (TPSA) is 43.1 Å². The Morgan fingerprint density at radius 2 is 2.13 bits per heavy atom. The molecule has 1 aromatic carbocycles. The number of Topliss-reactive ketones (excluding diaryl/α,β-unsaturated/α-hetero) is 1. The second-order valence-electron chi connectivity index (χ2n) is 4.13. The molecule has 82 valence electrons. The highest BCUT2D eigenvalue weighted by atomic mass is 16.1. The largest absolute Gasteiger partial charge is 0.399 e. The number of benzene rings is 1. The van der Waals surface area contributed by atoms with E-state index in [0.29, 0.717) is 5.69 Å². The molecule has 0 saturated heterocycles. The number of nitrogens with two attached hydrogens (primary N) is 1. The minimum Gasteiger partial charge on any atom is -0.399 e. The highest BCUT2D eigenvalue weighted by Gasteiger charge is 2.15. The maximum atomic E-state index is 12.0. The van der Waals surface area contributed by atoms with E-state index in [1.165, 1.54) is 0 Å². The van der Waals surface area contributed by atoms with E-state index in [-0.39, 0.29) is 11.7 Å². The van der Waals surface area contributed by atoms with Crippen LogP contribution >= 0.6 is 0 Å². The fraction of sp³-hybridized carbons (Fsp3) is 0.462. The Balaban J connectivity index is 2.91. The first kappa shape index (κ1) is 11.8. The number of carbonyl (C=O) groups is 1. The van der Waals surface area contributed by atoms with Crippen molar-refractivity contribution in [3.8, 4) is 0 Å². The van der Waals surface area contributed by atoms with Gasteiger partial charge in [-0.05, 0) is 37.1 Å². The van der Waals surface area contributed by atoms with Crippen molar-refractivity contribution in [1.29, 1.82) is 0 Å². The zero-order valence-electron chi connectivity index (χ0n) is 9.71. The van der Waals surface area contributed by atoms with Gasteiger partial charge in [0.2, 0.25) is 0 Å². The first-order valence-electron chi connectivity index (χ1n) is 5.46. The second kappa shape index (κ2) is 4.96. The maximum absolute atomic E-state index is 12.0. The SMILES string of the molecule is CCCC(C)C(=O)c1ccc(N)cc1C. The molecule has 0 fully saturated rings. The van der Waals surface area contributed by atoms with Crippen molar-refractivity contribution in [3.05, 3.63) is 29.3 Å². The number of nitrogen functional groups attached to an aromatic ring is 1. The van der Waals surface area contributed by atoms with Crippen molar-refractivity contribution in [2.75, 3.05) is 5.73 Å². The summed E-state index contributed by atoms with van der Waals surface area (Å²) in [4.78, 5) is 12.0. The summed E-state index contributed by atoms with van der Waals surface area (Å²) in [5, 5.41) is 0. The molecule has 0 aliphatic carbocycles. The lowest BCUT2D eigenvalue weighted by atomic mass is 9.92. The van der Waals surface area contributed by atoms with E-state index >= 15 is 0 Å². The summed E-state index contributed by atoms with van der Waals surface area (Å²) in [6.07, 6.45) is 1.99. The zero-order valence-corrected chi connectivity index (χ0v) is 9.71. The molecule has 0 amide bonds. The van der Waals surface area contributed by atoms with Crippen LogP contribution in [0.2, 0.25) is 0 Å². The van der Waals surface area contributed by atoms with E-state index in [1.54, 1.807) is 6.07 Å². The minimum atomic E-state index is 0.109. The summed E-state index contributed by atoms with van der Waals surface area (Å²) in [6, 6.07) is 5.48. The van der Waals surface area contributed by atoms with Crippen LogP contribution in [0.5, 0.6) is 0 Å². The number of hydrogen-bond acceptors (Lipinski definition) is 2. The molecule has 1 aromatic rings.